The molecule has 0 unspecified atom stereocenters. The zero-order valence-corrected chi connectivity index (χ0v) is 20.6. The van der Waals surface area contributed by atoms with Crippen LogP contribution in [-0.4, -0.2) is 14.3 Å². The molecular weight excluding hydrogens is 516 g/mol. The fraction of sp³-hybridized carbons (Fsp3) is 0.174. The van der Waals surface area contributed by atoms with E-state index >= 15 is 0 Å². The van der Waals surface area contributed by atoms with E-state index in [4.69, 9.17) is 21.5 Å². The Kier molecular flexibility index (Phi) is 7.61. The first-order valence-electron chi connectivity index (χ1n) is 9.72. The Morgan fingerprint density at radius 3 is 2.41 bits per heavy atom. The van der Waals surface area contributed by atoms with Crippen LogP contribution in [0.1, 0.15) is 30.9 Å². The molecule has 0 aliphatic heterocycles. The molecule has 0 spiro atoms. The van der Waals surface area contributed by atoms with E-state index in [1.54, 1.807) is 12.1 Å². The maximum atomic E-state index is 12.5. The molecule has 3 rings (SSSR count). The smallest absolute Gasteiger partial charge is 0.238 e. The Bertz CT molecular complexity index is 1250. The summed E-state index contributed by atoms with van der Waals surface area (Å²) in [5.41, 5.74) is 2.24. The van der Waals surface area contributed by atoms with Crippen LogP contribution < -0.4 is 15.2 Å². The monoisotopic (exact) mass is 536 g/mol. The van der Waals surface area contributed by atoms with Crippen LogP contribution in [0.3, 0.4) is 0 Å². The van der Waals surface area contributed by atoms with E-state index in [1.807, 2.05) is 24.3 Å². The molecule has 9 heteroatoms. The minimum absolute atomic E-state index is 0.0197. The van der Waals surface area contributed by atoms with Gasteiger partial charge in [-0.1, -0.05) is 43.6 Å². The number of carbonyl (C=O) groups is 1. The Balaban J connectivity index is 1.78. The number of benzene rings is 3. The predicted octanol–water partition coefficient (Wildman–Crippen LogP) is 5.85. The second-order valence-corrected chi connectivity index (χ2v) is 10.2. The lowest BCUT2D eigenvalue weighted by atomic mass is 9.99. The Hall–Kier alpha value is -2.39. The van der Waals surface area contributed by atoms with Crippen LogP contribution in [0.25, 0.3) is 0 Å². The van der Waals surface area contributed by atoms with Gasteiger partial charge in [-0.2, -0.15) is 0 Å². The highest BCUT2D eigenvalue weighted by Gasteiger charge is 2.15. The van der Waals surface area contributed by atoms with Gasteiger partial charge in [-0.25, -0.2) is 13.6 Å². The quantitative estimate of drug-likeness (QED) is 0.395. The highest BCUT2D eigenvalue weighted by atomic mass is 79.9. The van der Waals surface area contributed by atoms with Crippen LogP contribution in [0.4, 0.5) is 5.69 Å². The fourth-order valence-corrected chi connectivity index (χ4v) is 4.08. The maximum absolute atomic E-state index is 12.5. The third kappa shape index (κ3) is 6.10. The van der Waals surface area contributed by atoms with Crippen molar-refractivity contribution >= 4 is 49.1 Å². The Labute approximate surface area is 200 Å². The molecule has 3 aromatic rings. The summed E-state index contributed by atoms with van der Waals surface area (Å²) in [6, 6.07) is 16.7. The van der Waals surface area contributed by atoms with E-state index in [9.17, 15) is 13.2 Å². The topological polar surface area (TPSA) is 98.5 Å². The first kappa shape index (κ1) is 24.3. The number of anilines is 1. The molecule has 168 valence electrons. The molecule has 0 saturated heterocycles. The van der Waals surface area contributed by atoms with Gasteiger partial charge in [0.1, 0.15) is 11.5 Å². The average Bonchev–Trinajstić information content (AvgIpc) is 2.71. The second-order valence-electron chi connectivity index (χ2n) is 7.48. The average molecular weight is 538 g/mol. The normalized spacial score (nSPS) is 11.4. The number of nitrogens with two attached hydrogens (primary N) is 1. The van der Waals surface area contributed by atoms with Gasteiger partial charge in [0.25, 0.3) is 0 Å². The summed E-state index contributed by atoms with van der Waals surface area (Å²) in [5.74, 6) is 1.19. The van der Waals surface area contributed by atoms with Crippen LogP contribution in [0.2, 0.25) is 5.02 Å². The molecule has 0 aliphatic rings. The van der Waals surface area contributed by atoms with E-state index in [1.165, 1.54) is 24.3 Å². The summed E-state index contributed by atoms with van der Waals surface area (Å²) in [4.78, 5) is 12.5. The van der Waals surface area contributed by atoms with Crippen molar-refractivity contribution in [3.8, 4) is 11.5 Å². The third-order valence-electron chi connectivity index (χ3n) is 4.67. The van der Waals surface area contributed by atoms with Gasteiger partial charge in [-0.15, -0.1) is 0 Å². The van der Waals surface area contributed by atoms with Crippen LogP contribution in [-0.2, 0) is 21.2 Å². The largest absolute Gasteiger partial charge is 0.456 e. The minimum Gasteiger partial charge on any atom is -0.456 e. The number of primary sulfonamides is 1. The van der Waals surface area contributed by atoms with E-state index in [0.717, 1.165) is 11.1 Å². The summed E-state index contributed by atoms with van der Waals surface area (Å²) in [6.07, 6.45) is 0.113. The SMILES string of the molecule is CC(C)c1ccc(CC(=O)Nc2ccc(S(N)(=O)=O)cc2)cc1Oc1cccc(Cl)c1Br. The third-order valence-corrected chi connectivity index (χ3v) is 6.96. The van der Waals surface area contributed by atoms with Gasteiger partial charge >= 0.3 is 0 Å². The number of hydrogen-bond donors (Lipinski definition) is 2. The number of nitrogens with one attached hydrogen (secondary N) is 1. The van der Waals surface area contributed by atoms with Crippen molar-refractivity contribution in [2.24, 2.45) is 5.14 Å². The van der Waals surface area contributed by atoms with Crippen molar-refractivity contribution in [3.63, 3.8) is 0 Å². The van der Waals surface area contributed by atoms with Gasteiger partial charge in [0.2, 0.25) is 15.9 Å². The van der Waals surface area contributed by atoms with Gasteiger partial charge in [-0.05, 0) is 75.4 Å². The maximum Gasteiger partial charge on any atom is 0.238 e. The van der Waals surface area contributed by atoms with Crippen molar-refractivity contribution in [3.05, 3.63) is 81.3 Å². The van der Waals surface area contributed by atoms with Crippen molar-refractivity contribution < 1.29 is 17.9 Å². The molecule has 0 aliphatic carbocycles. The molecule has 0 saturated carbocycles. The highest BCUT2D eigenvalue weighted by Crippen LogP contribution is 2.38. The van der Waals surface area contributed by atoms with E-state index in [0.29, 0.717) is 26.7 Å². The van der Waals surface area contributed by atoms with Gasteiger partial charge in [0.05, 0.1) is 20.8 Å². The number of amides is 1. The zero-order chi connectivity index (χ0) is 23.5. The molecule has 3 aromatic carbocycles. The minimum atomic E-state index is -3.78. The number of halogens is 2. The Morgan fingerprint density at radius 1 is 1.09 bits per heavy atom. The van der Waals surface area contributed by atoms with Crippen LogP contribution in [0.15, 0.2) is 70.0 Å². The number of ether oxygens (including phenoxy) is 1. The molecule has 32 heavy (non-hydrogen) atoms. The molecule has 3 N–H and O–H groups in total. The lowest BCUT2D eigenvalue weighted by molar-refractivity contribution is -0.115. The van der Waals surface area contributed by atoms with Crippen molar-refractivity contribution in [1.29, 1.82) is 0 Å². The summed E-state index contributed by atoms with van der Waals surface area (Å²) < 4.78 is 29.5. The van der Waals surface area contributed by atoms with Crippen molar-refractivity contribution in [2.75, 3.05) is 5.32 Å². The molecule has 0 aromatic heterocycles. The number of sulfonamides is 1. The van der Waals surface area contributed by atoms with Crippen molar-refractivity contribution in [2.45, 2.75) is 31.1 Å². The molecular formula is C23H22BrClN2O4S. The molecule has 0 radical (unpaired) electrons. The molecule has 1 amide bonds. The van der Waals surface area contributed by atoms with E-state index in [2.05, 4.69) is 35.1 Å². The lowest BCUT2D eigenvalue weighted by Gasteiger charge is -2.16. The van der Waals surface area contributed by atoms with Crippen LogP contribution >= 0.6 is 27.5 Å². The van der Waals surface area contributed by atoms with Gasteiger partial charge in [0.15, 0.2) is 0 Å². The molecule has 0 atom stereocenters. The van der Waals surface area contributed by atoms with Gasteiger partial charge in [-0.3, -0.25) is 4.79 Å². The molecule has 0 heterocycles. The van der Waals surface area contributed by atoms with E-state index in [-0.39, 0.29) is 23.1 Å². The number of hydrogen-bond acceptors (Lipinski definition) is 4. The van der Waals surface area contributed by atoms with Crippen molar-refractivity contribution in [1.82, 2.24) is 0 Å². The molecule has 0 fully saturated rings. The summed E-state index contributed by atoms with van der Waals surface area (Å²) in [5, 5.41) is 8.38. The lowest BCUT2D eigenvalue weighted by Crippen LogP contribution is -2.15. The van der Waals surface area contributed by atoms with Gasteiger partial charge < -0.3 is 10.1 Å². The highest BCUT2D eigenvalue weighted by molar-refractivity contribution is 9.10. The van der Waals surface area contributed by atoms with Crippen LogP contribution in [0, 0.1) is 0 Å². The first-order chi connectivity index (χ1) is 15.0. The summed E-state index contributed by atoms with van der Waals surface area (Å²) >= 11 is 9.62. The first-order valence-corrected chi connectivity index (χ1v) is 12.4. The summed E-state index contributed by atoms with van der Waals surface area (Å²) in [7, 11) is -3.78. The molecule has 6 nitrogen and oxygen atoms in total. The second kappa shape index (κ2) is 10.0. The van der Waals surface area contributed by atoms with E-state index < -0.39 is 10.0 Å². The van der Waals surface area contributed by atoms with Gasteiger partial charge in [0, 0.05) is 5.69 Å². The number of carbonyl (C=O) groups excluding carboxylic acids is 1. The summed E-state index contributed by atoms with van der Waals surface area (Å²) in [6.45, 7) is 4.12. The molecule has 0 bridgehead atoms. The Morgan fingerprint density at radius 2 is 1.78 bits per heavy atom. The standard InChI is InChI=1S/C23H22BrClN2O4S/c1-14(2)18-11-6-15(12-21(18)31-20-5-3-4-19(25)23(20)24)13-22(28)27-16-7-9-17(10-8-16)32(26,29)30/h3-12,14H,13H2,1-2H3,(H,27,28)(H2,26,29,30). The number of rotatable bonds is 7. The fourth-order valence-electron chi connectivity index (χ4n) is 3.05. The van der Waals surface area contributed by atoms with Crippen LogP contribution in [0.5, 0.6) is 11.5 Å². The zero-order valence-electron chi connectivity index (χ0n) is 17.4. The predicted molar refractivity (Wildman–Crippen MR) is 130 cm³/mol.